The van der Waals surface area contributed by atoms with Crippen LogP contribution in [0.5, 0.6) is 0 Å². The van der Waals surface area contributed by atoms with Gasteiger partial charge < -0.3 is 19.8 Å². The Labute approximate surface area is 303 Å². The van der Waals surface area contributed by atoms with E-state index < -0.39 is 20.0 Å². The van der Waals surface area contributed by atoms with Crippen LogP contribution in [-0.2, 0) is 18.4 Å². The summed E-state index contributed by atoms with van der Waals surface area (Å²) in [6.07, 6.45) is 36.2. The number of likely N-dealkylation sites (N-methyl/N-ethyl adjacent to an activating group) is 1. The molecule has 1 unspecified atom stereocenters. The van der Waals surface area contributed by atoms with Crippen LogP contribution in [0.3, 0.4) is 0 Å². The van der Waals surface area contributed by atoms with Crippen LogP contribution < -0.4 is 5.32 Å². The smallest absolute Gasteiger partial charge is 0.391 e. The Balaban J connectivity index is 4.48. The summed E-state index contributed by atoms with van der Waals surface area (Å²) in [6, 6.07) is -0.768. The molecule has 0 radical (unpaired) electrons. The van der Waals surface area contributed by atoms with Gasteiger partial charge in [-0.1, -0.05) is 128 Å². The van der Waals surface area contributed by atoms with Gasteiger partial charge in [-0.3, -0.25) is 13.8 Å². The highest BCUT2D eigenvalue weighted by molar-refractivity contribution is 7.47. The molecule has 8 nitrogen and oxygen atoms in total. The van der Waals surface area contributed by atoms with Gasteiger partial charge in [0.15, 0.2) is 0 Å². The first-order chi connectivity index (χ1) is 23.5. The minimum atomic E-state index is -4.31. The van der Waals surface area contributed by atoms with Crippen LogP contribution in [0.4, 0.5) is 0 Å². The number of nitrogens with zero attached hydrogens (tertiary/aromatic N) is 1. The second-order valence-corrected chi connectivity index (χ2v) is 16.5. The summed E-state index contributed by atoms with van der Waals surface area (Å²) < 4.78 is 23.5. The molecular formula is C40H80N2O6P+. The highest BCUT2D eigenvalue weighted by Crippen LogP contribution is 2.43. The van der Waals surface area contributed by atoms with Gasteiger partial charge in [-0.2, -0.15) is 0 Å². The molecule has 0 bridgehead atoms. The van der Waals surface area contributed by atoms with Crippen LogP contribution in [0, 0.1) is 0 Å². The van der Waals surface area contributed by atoms with Gasteiger partial charge in [-0.25, -0.2) is 4.57 Å². The maximum Gasteiger partial charge on any atom is 0.472 e. The number of quaternary nitrogens is 1. The third kappa shape index (κ3) is 35.2. The Kier molecular flexibility index (Phi) is 32.2. The molecule has 0 heterocycles. The van der Waals surface area contributed by atoms with E-state index in [1.165, 1.54) is 83.5 Å². The van der Waals surface area contributed by atoms with Crippen molar-refractivity contribution >= 4 is 13.7 Å². The maximum absolute atomic E-state index is 12.8. The van der Waals surface area contributed by atoms with Gasteiger partial charge in [0.05, 0.1) is 39.9 Å². The Hall–Kier alpha value is -1.02. The van der Waals surface area contributed by atoms with Crippen molar-refractivity contribution in [3.8, 4) is 0 Å². The predicted octanol–water partition coefficient (Wildman–Crippen LogP) is 10.6. The van der Waals surface area contributed by atoms with E-state index >= 15 is 0 Å². The van der Waals surface area contributed by atoms with Crippen molar-refractivity contribution in [2.24, 2.45) is 0 Å². The highest BCUT2D eigenvalue weighted by Gasteiger charge is 2.28. The Bertz CT molecular complexity index is 860. The van der Waals surface area contributed by atoms with Crippen LogP contribution in [0.2, 0.25) is 0 Å². The lowest BCUT2D eigenvalue weighted by molar-refractivity contribution is -0.870. The first-order valence-corrected chi connectivity index (χ1v) is 21.7. The number of phosphoric acid groups is 1. The van der Waals surface area contributed by atoms with Gasteiger partial charge in [-0.05, 0) is 64.2 Å². The molecule has 0 fully saturated rings. The molecule has 49 heavy (non-hydrogen) atoms. The van der Waals surface area contributed by atoms with Crippen LogP contribution in [-0.4, -0.2) is 73.4 Å². The van der Waals surface area contributed by atoms with Crippen LogP contribution in [0.1, 0.15) is 174 Å². The summed E-state index contributed by atoms with van der Waals surface area (Å²) in [7, 11) is 1.60. The van der Waals surface area contributed by atoms with E-state index in [1.807, 2.05) is 21.1 Å². The number of phosphoric ester groups is 1. The number of allylic oxidation sites excluding steroid dienone is 4. The number of hydrogen-bond acceptors (Lipinski definition) is 5. The molecule has 0 saturated heterocycles. The number of nitrogens with one attached hydrogen (secondary N) is 1. The van der Waals surface area contributed by atoms with E-state index in [0.29, 0.717) is 23.9 Å². The van der Waals surface area contributed by atoms with Crippen molar-refractivity contribution in [3.63, 3.8) is 0 Å². The Morgan fingerprint density at radius 3 is 1.59 bits per heavy atom. The lowest BCUT2D eigenvalue weighted by atomic mass is 10.0. The third-order valence-corrected chi connectivity index (χ3v) is 9.91. The minimum Gasteiger partial charge on any atom is -0.391 e. The van der Waals surface area contributed by atoms with Crippen LogP contribution in [0.15, 0.2) is 24.3 Å². The number of amides is 1. The van der Waals surface area contributed by atoms with Crippen LogP contribution in [0.25, 0.3) is 0 Å². The predicted molar refractivity (Wildman–Crippen MR) is 208 cm³/mol. The normalized spacial score (nSPS) is 14.8. The second-order valence-electron chi connectivity index (χ2n) is 15.0. The molecule has 0 aliphatic carbocycles. The van der Waals surface area contributed by atoms with Crippen molar-refractivity contribution in [1.29, 1.82) is 0 Å². The Morgan fingerprint density at radius 2 is 1.10 bits per heavy atom. The molecule has 0 spiro atoms. The van der Waals surface area contributed by atoms with Gasteiger partial charge in [0, 0.05) is 6.42 Å². The fraction of sp³-hybridized carbons (Fsp3) is 0.875. The van der Waals surface area contributed by atoms with Gasteiger partial charge in [0.2, 0.25) is 5.91 Å². The van der Waals surface area contributed by atoms with E-state index in [2.05, 4.69) is 43.5 Å². The molecule has 0 aromatic carbocycles. The summed E-state index contributed by atoms with van der Waals surface area (Å²) in [6.45, 7) is 4.83. The minimum absolute atomic E-state index is 0.0705. The fourth-order valence-corrected chi connectivity index (χ4v) is 6.36. The lowest BCUT2D eigenvalue weighted by Crippen LogP contribution is -2.46. The van der Waals surface area contributed by atoms with E-state index in [1.54, 1.807) is 0 Å². The zero-order valence-corrected chi connectivity index (χ0v) is 33.6. The molecule has 3 atom stereocenters. The van der Waals surface area contributed by atoms with Crippen LogP contribution >= 0.6 is 7.82 Å². The maximum atomic E-state index is 12.8. The first-order valence-electron chi connectivity index (χ1n) is 20.2. The van der Waals surface area contributed by atoms with E-state index in [0.717, 1.165) is 64.2 Å². The molecule has 290 valence electrons. The first kappa shape index (κ1) is 48.0. The summed E-state index contributed by atoms with van der Waals surface area (Å²) in [5, 5.41) is 13.9. The zero-order valence-electron chi connectivity index (χ0n) is 32.7. The number of aliphatic hydroxyl groups excluding tert-OH is 1. The van der Waals surface area contributed by atoms with Crippen molar-refractivity contribution < 1.29 is 32.9 Å². The standard InChI is InChI=1S/C40H79N2O6P/c1-6-8-10-12-14-16-18-20-22-23-25-27-29-31-33-39(43)38(37-48-49(45,46)47-36-35-42(3,4)5)41-40(44)34-32-30-28-26-24-21-19-17-15-13-11-9-7-2/h17-20,38-39,43H,6-16,21-37H2,1-5H3,(H-,41,44,45,46)/p+1/b19-17+,20-18+/t38-,39+/m0/s1. The molecule has 9 heteroatoms. The van der Waals surface area contributed by atoms with Crippen molar-refractivity contribution in [3.05, 3.63) is 24.3 Å². The van der Waals surface area contributed by atoms with E-state index in [-0.39, 0.29) is 19.1 Å². The Morgan fingerprint density at radius 1 is 0.673 bits per heavy atom. The summed E-state index contributed by atoms with van der Waals surface area (Å²) in [4.78, 5) is 23.0. The second kappa shape index (κ2) is 32.9. The largest absolute Gasteiger partial charge is 0.472 e. The fourth-order valence-electron chi connectivity index (χ4n) is 5.62. The molecule has 0 rings (SSSR count). The number of carbonyl (C=O) groups excluding carboxylic acids is 1. The average Bonchev–Trinajstić information content (AvgIpc) is 3.04. The molecule has 3 N–H and O–H groups in total. The molecule has 0 aliphatic heterocycles. The zero-order chi connectivity index (χ0) is 36.5. The monoisotopic (exact) mass is 716 g/mol. The highest BCUT2D eigenvalue weighted by atomic mass is 31.2. The summed E-state index contributed by atoms with van der Waals surface area (Å²) >= 11 is 0. The SMILES string of the molecule is CCCCCC/C=C/CCCCCCCC(=O)N[C@@H](COP(=O)(O)OCC[N+](C)(C)C)[C@H](O)CCCCCCC/C=C/CCCCCCC. The topological polar surface area (TPSA) is 105 Å². The molecule has 0 aliphatic rings. The molecular weight excluding hydrogens is 635 g/mol. The van der Waals surface area contributed by atoms with Crippen molar-refractivity contribution in [1.82, 2.24) is 5.32 Å². The van der Waals surface area contributed by atoms with Gasteiger partial charge in [0.25, 0.3) is 0 Å². The average molecular weight is 716 g/mol. The quantitative estimate of drug-likeness (QED) is 0.0258. The molecule has 0 aromatic rings. The number of aliphatic hydroxyl groups is 1. The number of carbonyl (C=O) groups is 1. The van der Waals surface area contributed by atoms with E-state index in [4.69, 9.17) is 9.05 Å². The lowest BCUT2D eigenvalue weighted by Gasteiger charge is -2.26. The molecule has 0 saturated carbocycles. The van der Waals surface area contributed by atoms with Gasteiger partial charge in [-0.15, -0.1) is 0 Å². The third-order valence-electron chi connectivity index (χ3n) is 8.92. The van der Waals surface area contributed by atoms with Crippen molar-refractivity contribution in [2.45, 2.75) is 187 Å². The number of rotatable bonds is 36. The van der Waals surface area contributed by atoms with Gasteiger partial charge >= 0.3 is 7.82 Å². The number of hydrogen-bond donors (Lipinski definition) is 3. The van der Waals surface area contributed by atoms with Crippen molar-refractivity contribution in [2.75, 3.05) is 40.9 Å². The molecule has 1 amide bonds. The van der Waals surface area contributed by atoms with Gasteiger partial charge in [0.1, 0.15) is 13.2 Å². The van der Waals surface area contributed by atoms with E-state index in [9.17, 15) is 19.4 Å². The number of unbranched alkanes of at least 4 members (excludes halogenated alkanes) is 19. The molecule has 0 aromatic heterocycles. The summed E-state index contributed by atoms with van der Waals surface area (Å²) in [5.74, 6) is -0.161. The summed E-state index contributed by atoms with van der Waals surface area (Å²) in [5.41, 5.74) is 0.